The fraction of sp³-hybridized carbons (Fsp3) is 0.238. The van der Waals surface area contributed by atoms with Gasteiger partial charge in [0.25, 0.3) is 5.91 Å². The Labute approximate surface area is 153 Å². The van der Waals surface area contributed by atoms with Gasteiger partial charge in [0.1, 0.15) is 5.75 Å². The molecule has 0 bridgehead atoms. The van der Waals surface area contributed by atoms with Gasteiger partial charge in [0, 0.05) is 24.8 Å². The molecule has 0 aliphatic heterocycles. The molecule has 0 radical (unpaired) electrons. The summed E-state index contributed by atoms with van der Waals surface area (Å²) in [5, 5.41) is 14.0. The fourth-order valence-electron chi connectivity index (χ4n) is 2.98. The van der Waals surface area contributed by atoms with E-state index in [1.165, 1.54) is 0 Å². The van der Waals surface area contributed by atoms with Crippen LogP contribution in [0.3, 0.4) is 0 Å². The maximum Gasteiger partial charge on any atom is 0.253 e. The largest absolute Gasteiger partial charge is 0.508 e. The molecule has 26 heavy (non-hydrogen) atoms. The molecule has 3 rings (SSSR count). The first-order chi connectivity index (χ1) is 12.4. The van der Waals surface area contributed by atoms with Crippen molar-refractivity contribution in [2.24, 2.45) is 0 Å². The lowest BCUT2D eigenvalue weighted by Gasteiger charge is -2.17. The van der Waals surface area contributed by atoms with E-state index in [0.717, 1.165) is 22.5 Å². The second-order valence-corrected chi connectivity index (χ2v) is 6.61. The van der Waals surface area contributed by atoms with Crippen molar-refractivity contribution in [3.63, 3.8) is 0 Å². The summed E-state index contributed by atoms with van der Waals surface area (Å²) in [5.74, 6) is 0.155. The first-order valence-electron chi connectivity index (χ1n) is 8.56. The van der Waals surface area contributed by atoms with E-state index in [9.17, 15) is 9.90 Å². The third kappa shape index (κ3) is 4.11. The lowest BCUT2D eigenvalue weighted by molar-refractivity contribution is 0.0785. The molecular formula is C21H23N3O2. The summed E-state index contributed by atoms with van der Waals surface area (Å²) in [6, 6.07) is 16.6. The molecule has 134 valence electrons. The monoisotopic (exact) mass is 349 g/mol. The van der Waals surface area contributed by atoms with Crippen molar-refractivity contribution in [1.82, 2.24) is 14.7 Å². The number of aromatic nitrogens is 2. The number of carbonyl (C=O) groups is 1. The second kappa shape index (κ2) is 7.44. The topological polar surface area (TPSA) is 58.4 Å². The van der Waals surface area contributed by atoms with E-state index < -0.39 is 0 Å². The number of benzene rings is 2. The Kier molecular flexibility index (Phi) is 5.07. The van der Waals surface area contributed by atoms with Gasteiger partial charge in [0.15, 0.2) is 0 Å². The Morgan fingerprint density at radius 2 is 1.81 bits per heavy atom. The third-order valence-electron chi connectivity index (χ3n) is 4.31. The molecule has 0 unspecified atom stereocenters. The molecule has 1 heterocycles. The molecule has 1 N–H and O–H groups in total. The Bertz CT molecular complexity index is 913. The Balaban J connectivity index is 1.67. The van der Waals surface area contributed by atoms with Crippen molar-refractivity contribution in [3.05, 3.63) is 82.7 Å². The van der Waals surface area contributed by atoms with Crippen LogP contribution in [0.25, 0.3) is 0 Å². The number of amides is 1. The zero-order chi connectivity index (χ0) is 18.7. The summed E-state index contributed by atoms with van der Waals surface area (Å²) in [6.45, 7) is 5.15. The van der Waals surface area contributed by atoms with Crippen LogP contribution in [-0.2, 0) is 13.1 Å². The van der Waals surface area contributed by atoms with Crippen LogP contribution in [-0.4, -0.2) is 32.7 Å². The number of rotatable bonds is 5. The van der Waals surface area contributed by atoms with Gasteiger partial charge in [-0.2, -0.15) is 5.10 Å². The summed E-state index contributed by atoms with van der Waals surface area (Å²) in [7, 11) is 1.76. The van der Waals surface area contributed by atoms with Crippen LogP contribution in [0.15, 0.2) is 54.6 Å². The first-order valence-corrected chi connectivity index (χ1v) is 8.56. The predicted octanol–water partition coefficient (Wildman–Crippen LogP) is 3.53. The van der Waals surface area contributed by atoms with Crippen LogP contribution in [0.5, 0.6) is 5.75 Å². The highest BCUT2D eigenvalue weighted by Gasteiger charge is 2.12. The molecule has 3 aromatic rings. The van der Waals surface area contributed by atoms with E-state index in [-0.39, 0.29) is 11.7 Å². The molecule has 0 spiro atoms. The molecule has 1 aromatic heterocycles. The van der Waals surface area contributed by atoms with Crippen LogP contribution < -0.4 is 0 Å². The van der Waals surface area contributed by atoms with Crippen LogP contribution in [0.4, 0.5) is 0 Å². The van der Waals surface area contributed by atoms with Crippen molar-refractivity contribution in [2.45, 2.75) is 26.9 Å². The molecule has 0 saturated heterocycles. The number of aromatic hydroxyl groups is 1. The zero-order valence-electron chi connectivity index (χ0n) is 15.3. The molecular weight excluding hydrogens is 326 g/mol. The normalized spacial score (nSPS) is 10.7. The molecule has 0 aliphatic rings. The highest BCUT2D eigenvalue weighted by molar-refractivity contribution is 5.94. The lowest BCUT2D eigenvalue weighted by atomic mass is 10.1. The van der Waals surface area contributed by atoms with Gasteiger partial charge in [-0.15, -0.1) is 0 Å². The third-order valence-corrected chi connectivity index (χ3v) is 4.31. The number of carbonyl (C=O) groups excluding carboxylic acids is 1. The molecule has 5 heteroatoms. The number of hydrogen-bond acceptors (Lipinski definition) is 3. The quantitative estimate of drug-likeness (QED) is 0.767. The zero-order valence-corrected chi connectivity index (χ0v) is 15.3. The van der Waals surface area contributed by atoms with E-state index >= 15 is 0 Å². The SMILES string of the molecule is Cc1cc(C)n(Cc2ccc(C(=O)N(C)Cc3cccc(O)c3)cc2)n1. The Morgan fingerprint density at radius 3 is 2.42 bits per heavy atom. The van der Waals surface area contributed by atoms with Gasteiger partial charge in [-0.3, -0.25) is 9.48 Å². The molecule has 0 atom stereocenters. The van der Waals surface area contributed by atoms with Gasteiger partial charge in [-0.1, -0.05) is 24.3 Å². The molecule has 0 saturated carbocycles. The van der Waals surface area contributed by atoms with Crippen LogP contribution in [0.2, 0.25) is 0 Å². The van der Waals surface area contributed by atoms with E-state index in [1.807, 2.05) is 54.9 Å². The van der Waals surface area contributed by atoms with Crippen molar-refractivity contribution in [3.8, 4) is 5.75 Å². The first kappa shape index (κ1) is 17.7. The minimum atomic E-state index is -0.0500. The van der Waals surface area contributed by atoms with Crippen molar-refractivity contribution >= 4 is 5.91 Å². The van der Waals surface area contributed by atoms with Gasteiger partial charge >= 0.3 is 0 Å². The predicted molar refractivity (Wildman–Crippen MR) is 101 cm³/mol. The van der Waals surface area contributed by atoms with Gasteiger partial charge in [0.05, 0.1) is 12.2 Å². The average molecular weight is 349 g/mol. The van der Waals surface area contributed by atoms with Crippen LogP contribution >= 0.6 is 0 Å². The van der Waals surface area contributed by atoms with Crippen molar-refractivity contribution in [1.29, 1.82) is 0 Å². The van der Waals surface area contributed by atoms with E-state index in [4.69, 9.17) is 0 Å². The fourth-order valence-corrected chi connectivity index (χ4v) is 2.98. The summed E-state index contributed by atoms with van der Waals surface area (Å²) in [6.07, 6.45) is 0. The number of nitrogens with zero attached hydrogens (tertiary/aromatic N) is 3. The number of aryl methyl sites for hydroxylation is 2. The van der Waals surface area contributed by atoms with Crippen LogP contribution in [0.1, 0.15) is 32.9 Å². The average Bonchev–Trinajstić information content (AvgIpc) is 2.92. The maximum absolute atomic E-state index is 12.6. The van der Waals surface area contributed by atoms with E-state index in [2.05, 4.69) is 5.10 Å². The molecule has 1 amide bonds. The summed E-state index contributed by atoms with van der Waals surface area (Å²) < 4.78 is 1.96. The lowest BCUT2D eigenvalue weighted by Crippen LogP contribution is -2.26. The van der Waals surface area contributed by atoms with Gasteiger partial charge in [-0.05, 0) is 55.3 Å². The molecule has 2 aromatic carbocycles. The Hall–Kier alpha value is -3.08. The standard InChI is InChI=1S/C21H23N3O2/c1-15-11-16(2)24(22-15)14-17-7-9-19(10-8-17)21(26)23(3)13-18-5-4-6-20(25)12-18/h4-12,25H,13-14H2,1-3H3. The summed E-state index contributed by atoms with van der Waals surface area (Å²) in [4.78, 5) is 14.3. The Morgan fingerprint density at radius 1 is 1.08 bits per heavy atom. The van der Waals surface area contributed by atoms with Gasteiger partial charge in [0.2, 0.25) is 0 Å². The molecule has 0 aliphatic carbocycles. The van der Waals surface area contributed by atoms with E-state index in [0.29, 0.717) is 18.7 Å². The van der Waals surface area contributed by atoms with Gasteiger partial charge < -0.3 is 10.0 Å². The minimum Gasteiger partial charge on any atom is -0.508 e. The highest BCUT2D eigenvalue weighted by atomic mass is 16.3. The number of hydrogen-bond donors (Lipinski definition) is 1. The summed E-state index contributed by atoms with van der Waals surface area (Å²) >= 11 is 0. The van der Waals surface area contributed by atoms with Crippen LogP contribution in [0, 0.1) is 13.8 Å². The minimum absolute atomic E-state index is 0.0500. The van der Waals surface area contributed by atoms with Gasteiger partial charge in [-0.25, -0.2) is 0 Å². The smallest absolute Gasteiger partial charge is 0.253 e. The van der Waals surface area contributed by atoms with Crippen molar-refractivity contribution < 1.29 is 9.90 Å². The number of phenols is 1. The molecule has 0 fully saturated rings. The highest BCUT2D eigenvalue weighted by Crippen LogP contribution is 2.15. The van der Waals surface area contributed by atoms with Crippen molar-refractivity contribution in [2.75, 3.05) is 7.05 Å². The number of phenolic OH excluding ortho intramolecular Hbond substituents is 1. The summed E-state index contributed by atoms with van der Waals surface area (Å²) in [5.41, 5.74) is 4.76. The van der Waals surface area contributed by atoms with E-state index in [1.54, 1.807) is 30.1 Å². The maximum atomic E-state index is 12.6. The molecule has 5 nitrogen and oxygen atoms in total. The second-order valence-electron chi connectivity index (χ2n) is 6.61.